The number of anilines is 1. The van der Waals surface area contributed by atoms with Gasteiger partial charge in [0.2, 0.25) is 5.91 Å². The van der Waals surface area contributed by atoms with Crippen molar-refractivity contribution in [1.82, 2.24) is 20.1 Å². The van der Waals surface area contributed by atoms with Crippen LogP contribution < -0.4 is 10.6 Å². The average molecular weight is 345 g/mol. The lowest BCUT2D eigenvalue weighted by atomic mass is 10.1. The Kier molecular flexibility index (Phi) is 4.36. The molecular weight excluding hydrogens is 322 g/mol. The molecule has 0 aromatic carbocycles. The zero-order valence-electron chi connectivity index (χ0n) is 14.7. The molecule has 0 bridgehead atoms. The summed E-state index contributed by atoms with van der Waals surface area (Å²) < 4.78 is 0. The van der Waals surface area contributed by atoms with Crippen molar-refractivity contribution in [2.45, 2.75) is 38.3 Å². The number of carbonyl (C=O) groups excluding carboxylic acids is 3. The first-order chi connectivity index (χ1) is 11.8. The highest BCUT2D eigenvalue weighted by molar-refractivity contribution is 6.08. The highest BCUT2D eigenvalue weighted by atomic mass is 16.2. The van der Waals surface area contributed by atoms with Gasteiger partial charge in [-0.15, -0.1) is 0 Å². The summed E-state index contributed by atoms with van der Waals surface area (Å²) in [6.45, 7) is 3.65. The molecular formula is C17H23N5O3. The van der Waals surface area contributed by atoms with Crippen LogP contribution in [-0.2, 0) is 9.59 Å². The Hall–Kier alpha value is -2.64. The van der Waals surface area contributed by atoms with E-state index in [2.05, 4.69) is 15.6 Å². The molecule has 2 saturated heterocycles. The highest BCUT2D eigenvalue weighted by Crippen LogP contribution is 2.33. The smallest absolute Gasteiger partial charge is 0.325 e. The Balaban J connectivity index is 1.75. The number of pyridine rings is 1. The fraction of sp³-hybridized carbons (Fsp3) is 0.529. The van der Waals surface area contributed by atoms with E-state index in [1.165, 1.54) is 0 Å². The van der Waals surface area contributed by atoms with Crippen LogP contribution in [0.5, 0.6) is 0 Å². The monoisotopic (exact) mass is 345 g/mol. The fourth-order valence-electron chi connectivity index (χ4n) is 3.39. The lowest BCUT2D eigenvalue weighted by Gasteiger charge is -2.27. The third-order valence-corrected chi connectivity index (χ3v) is 4.74. The van der Waals surface area contributed by atoms with Crippen molar-refractivity contribution < 1.29 is 14.4 Å². The number of carbonyl (C=O) groups is 3. The highest BCUT2D eigenvalue weighted by Gasteiger charge is 2.45. The second-order valence-corrected chi connectivity index (χ2v) is 6.92. The number of rotatable bonds is 4. The van der Waals surface area contributed by atoms with Gasteiger partial charge in [-0.05, 0) is 44.4 Å². The molecule has 0 spiro atoms. The van der Waals surface area contributed by atoms with E-state index >= 15 is 0 Å². The number of urea groups is 1. The summed E-state index contributed by atoms with van der Waals surface area (Å²) >= 11 is 0. The summed E-state index contributed by atoms with van der Waals surface area (Å²) in [7, 11) is 1.79. The molecule has 8 nitrogen and oxygen atoms in total. The molecule has 2 fully saturated rings. The first kappa shape index (κ1) is 17.2. The lowest BCUT2D eigenvalue weighted by molar-refractivity contribution is -0.139. The Morgan fingerprint density at radius 3 is 2.84 bits per heavy atom. The molecule has 1 atom stereocenters. The standard InChI is InChI=1S/C17H23N5O3/c1-17(2)15(24)22(16(25)20-17)10-14(23)21-8-4-5-12(21)11-6-7-19-13(9-11)18-3/h6-7,9,12H,4-5,8,10H2,1-3H3,(H,18,19)(H,20,25)/t12-/m0/s1. The summed E-state index contributed by atoms with van der Waals surface area (Å²) in [5, 5.41) is 5.59. The lowest BCUT2D eigenvalue weighted by Crippen LogP contribution is -2.44. The van der Waals surface area contributed by atoms with E-state index in [0.717, 1.165) is 29.1 Å². The van der Waals surface area contributed by atoms with Crippen LogP contribution in [0.1, 0.15) is 38.3 Å². The van der Waals surface area contributed by atoms with Gasteiger partial charge in [-0.2, -0.15) is 0 Å². The van der Waals surface area contributed by atoms with Crippen LogP contribution >= 0.6 is 0 Å². The minimum Gasteiger partial charge on any atom is -0.373 e. The first-order valence-electron chi connectivity index (χ1n) is 8.41. The topological polar surface area (TPSA) is 94.6 Å². The van der Waals surface area contributed by atoms with E-state index in [1.54, 1.807) is 32.0 Å². The van der Waals surface area contributed by atoms with Gasteiger partial charge in [0.15, 0.2) is 0 Å². The van der Waals surface area contributed by atoms with Gasteiger partial charge >= 0.3 is 6.03 Å². The third kappa shape index (κ3) is 3.16. The molecule has 2 aliphatic rings. The van der Waals surface area contributed by atoms with Gasteiger partial charge in [0.25, 0.3) is 5.91 Å². The maximum absolute atomic E-state index is 12.8. The van der Waals surface area contributed by atoms with Crippen molar-refractivity contribution in [3.8, 4) is 0 Å². The summed E-state index contributed by atoms with van der Waals surface area (Å²) in [6.07, 6.45) is 3.45. The third-order valence-electron chi connectivity index (χ3n) is 4.74. The average Bonchev–Trinajstić information content (AvgIpc) is 3.14. The molecule has 3 heterocycles. The molecule has 0 aliphatic carbocycles. The van der Waals surface area contributed by atoms with Crippen LogP contribution in [0, 0.1) is 0 Å². The summed E-state index contributed by atoms with van der Waals surface area (Å²) in [4.78, 5) is 44.0. The van der Waals surface area contributed by atoms with Gasteiger partial charge in [0.1, 0.15) is 17.9 Å². The molecule has 4 amide bonds. The van der Waals surface area contributed by atoms with Crippen LogP contribution in [0.25, 0.3) is 0 Å². The predicted molar refractivity (Wildman–Crippen MR) is 91.8 cm³/mol. The van der Waals surface area contributed by atoms with Crippen molar-refractivity contribution in [2.24, 2.45) is 0 Å². The molecule has 3 rings (SSSR count). The van der Waals surface area contributed by atoms with Crippen LogP contribution in [0.2, 0.25) is 0 Å². The molecule has 0 radical (unpaired) electrons. The Morgan fingerprint density at radius 2 is 2.20 bits per heavy atom. The van der Waals surface area contributed by atoms with Crippen LogP contribution in [0.3, 0.4) is 0 Å². The van der Waals surface area contributed by atoms with E-state index in [4.69, 9.17) is 0 Å². The maximum Gasteiger partial charge on any atom is 0.325 e. The SMILES string of the molecule is CNc1cc([C@@H]2CCCN2C(=O)CN2C(=O)NC(C)(C)C2=O)ccn1. The predicted octanol–water partition coefficient (Wildman–Crippen LogP) is 1.12. The number of nitrogens with one attached hydrogen (secondary N) is 2. The molecule has 25 heavy (non-hydrogen) atoms. The van der Waals surface area contributed by atoms with Crippen molar-refractivity contribution >= 4 is 23.7 Å². The number of hydrogen-bond donors (Lipinski definition) is 2. The van der Waals surface area contributed by atoms with Gasteiger partial charge in [-0.25, -0.2) is 9.78 Å². The molecule has 2 aliphatic heterocycles. The van der Waals surface area contributed by atoms with Crippen LogP contribution in [0.4, 0.5) is 10.6 Å². The number of amides is 4. The number of nitrogens with zero attached hydrogens (tertiary/aromatic N) is 3. The van der Waals surface area contributed by atoms with Crippen LogP contribution in [-0.4, -0.2) is 58.3 Å². The first-order valence-corrected chi connectivity index (χ1v) is 8.41. The zero-order valence-corrected chi connectivity index (χ0v) is 14.7. The van der Waals surface area contributed by atoms with E-state index in [0.29, 0.717) is 6.54 Å². The largest absolute Gasteiger partial charge is 0.373 e. The van der Waals surface area contributed by atoms with Crippen molar-refractivity contribution in [3.63, 3.8) is 0 Å². The van der Waals surface area contributed by atoms with E-state index in [9.17, 15) is 14.4 Å². The maximum atomic E-state index is 12.8. The van der Waals surface area contributed by atoms with E-state index in [-0.39, 0.29) is 24.4 Å². The number of likely N-dealkylation sites (tertiary alicyclic amines) is 1. The van der Waals surface area contributed by atoms with Gasteiger partial charge in [0, 0.05) is 19.8 Å². The zero-order chi connectivity index (χ0) is 18.2. The molecule has 1 aromatic heterocycles. The summed E-state index contributed by atoms with van der Waals surface area (Å²) in [5.41, 5.74) is 0.0388. The minimum atomic E-state index is -0.964. The second kappa shape index (κ2) is 6.34. The van der Waals surface area contributed by atoms with Crippen molar-refractivity contribution in [3.05, 3.63) is 23.9 Å². The molecule has 0 saturated carbocycles. The van der Waals surface area contributed by atoms with Crippen molar-refractivity contribution in [2.75, 3.05) is 25.5 Å². The van der Waals surface area contributed by atoms with E-state index < -0.39 is 11.6 Å². The van der Waals surface area contributed by atoms with Crippen molar-refractivity contribution in [1.29, 1.82) is 0 Å². The minimum absolute atomic E-state index is 0.0589. The Bertz CT molecular complexity index is 718. The van der Waals surface area contributed by atoms with Gasteiger partial charge in [-0.1, -0.05) is 0 Å². The van der Waals surface area contributed by atoms with Gasteiger partial charge < -0.3 is 15.5 Å². The fourth-order valence-corrected chi connectivity index (χ4v) is 3.39. The molecule has 2 N–H and O–H groups in total. The second-order valence-electron chi connectivity index (χ2n) is 6.92. The molecule has 134 valence electrons. The number of aromatic nitrogens is 1. The molecule has 1 aromatic rings. The summed E-state index contributed by atoms with van der Waals surface area (Å²) in [5.74, 6) is 0.155. The van der Waals surface area contributed by atoms with Crippen LogP contribution in [0.15, 0.2) is 18.3 Å². The summed E-state index contributed by atoms with van der Waals surface area (Å²) in [6, 6.07) is 3.25. The Morgan fingerprint density at radius 1 is 1.44 bits per heavy atom. The number of hydrogen-bond acceptors (Lipinski definition) is 5. The quantitative estimate of drug-likeness (QED) is 0.798. The normalized spacial score (nSPS) is 22.3. The number of imide groups is 1. The van der Waals surface area contributed by atoms with Gasteiger partial charge in [0.05, 0.1) is 6.04 Å². The molecule has 8 heteroatoms. The van der Waals surface area contributed by atoms with E-state index in [1.807, 2.05) is 12.1 Å². The van der Waals surface area contributed by atoms with Gasteiger partial charge in [-0.3, -0.25) is 14.5 Å². The Labute approximate surface area is 146 Å². The molecule has 0 unspecified atom stereocenters.